The van der Waals surface area contributed by atoms with Crippen LogP contribution < -0.4 is 11.1 Å². The highest BCUT2D eigenvalue weighted by Gasteiger charge is 2.11. The van der Waals surface area contributed by atoms with Gasteiger partial charge in [0.1, 0.15) is 11.6 Å². The summed E-state index contributed by atoms with van der Waals surface area (Å²) in [5.41, 5.74) is 7.28. The molecule has 2 aromatic heterocycles. The van der Waals surface area contributed by atoms with Crippen LogP contribution in [0.3, 0.4) is 0 Å². The van der Waals surface area contributed by atoms with E-state index in [1.165, 1.54) is 23.9 Å². The maximum atomic E-state index is 13.0. The number of para-hydroxylation sites is 1. The number of nitrogens with one attached hydrogen (secondary N) is 1. The predicted molar refractivity (Wildman–Crippen MR) is 103 cm³/mol. The summed E-state index contributed by atoms with van der Waals surface area (Å²) in [5.74, 6) is 0.881. The van der Waals surface area contributed by atoms with Crippen LogP contribution in [-0.4, -0.2) is 35.2 Å². The topological polar surface area (TPSA) is 120 Å². The summed E-state index contributed by atoms with van der Waals surface area (Å²) < 4.78 is 14.7. The standard InChI is InChI=1S/C17H14FN9S/c18-11-6-8-12(9-7-11)20-16-22-14(21-15(19)23-16)10-28-17-24-25-26-27(17)13-4-2-1-3-5-13/h1-9H,10H2,(H3,19,20,21,22,23). The SMILES string of the molecule is Nc1nc(CSc2nnnn2-c2ccccc2)nc(Nc2ccc(F)cc2)n1. The quantitative estimate of drug-likeness (QED) is 0.475. The zero-order valence-corrected chi connectivity index (χ0v) is 15.2. The van der Waals surface area contributed by atoms with E-state index in [9.17, 15) is 4.39 Å². The Labute approximate surface area is 163 Å². The minimum absolute atomic E-state index is 0.0814. The average Bonchev–Trinajstić information content (AvgIpc) is 3.17. The molecule has 140 valence electrons. The van der Waals surface area contributed by atoms with Gasteiger partial charge >= 0.3 is 0 Å². The van der Waals surface area contributed by atoms with Gasteiger partial charge in [-0.25, -0.2) is 4.39 Å². The van der Waals surface area contributed by atoms with Crippen LogP contribution in [0.5, 0.6) is 0 Å². The van der Waals surface area contributed by atoms with E-state index in [0.29, 0.717) is 22.4 Å². The van der Waals surface area contributed by atoms with Crippen LogP contribution in [0, 0.1) is 5.82 Å². The van der Waals surface area contributed by atoms with E-state index in [2.05, 4.69) is 35.8 Å². The number of hydrogen-bond donors (Lipinski definition) is 2. The highest BCUT2D eigenvalue weighted by molar-refractivity contribution is 7.98. The lowest BCUT2D eigenvalue weighted by Crippen LogP contribution is -2.07. The number of aromatic nitrogens is 7. The lowest BCUT2D eigenvalue weighted by atomic mass is 10.3. The van der Waals surface area contributed by atoms with Crippen LogP contribution >= 0.6 is 11.8 Å². The van der Waals surface area contributed by atoms with Crippen molar-refractivity contribution in [1.82, 2.24) is 35.2 Å². The summed E-state index contributed by atoms with van der Waals surface area (Å²) >= 11 is 1.37. The van der Waals surface area contributed by atoms with Gasteiger partial charge in [-0.05, 0) is 46.8 Å². The van der Waals surface area contributed by atoms with Gasteiger partial charge in [-0.15, -0.1) is 5.10 Å². The van der Waals surface area contributed by atoms with E-state index in [-0.39, 0.29) is 17.7 Å². The van der Waals surface area contributed by atoms with E-state index in [0.717, 1.165) is 5.69 Å². The maximum absolute atomic E-state index is 13.0. The Bertz CT molecular complexity index is 1070. The van der Waals surface area contributed by atoms with Crippen molar-refractivity contribution in [3.05, 3.63) is 66.2 Å². The molecule has 0 aliphatic heterocycles. The zero-order chi connectivity index (χ0) is 19.3. The van der Waals surface area contributed by atoms with Crippen LogP contribution in [0.1, 0.15) is 5.82 Å². The molecule has 3 N–H and O–H groups in total. The molecule has 0 radical (unpaired) electrons. The number of halogens is 1. The Morgan fingerprint density at radius 3 is 2.57 bits per heavy atom. The van der Waals surface area contributed by atoms with Crippen molar-refractivity contribution in [3.8, 4) is 5.69 Å². The summed E-state index contributed by atoms with van der Waals surface area (Å²) in [6, 6.07) is 15.4. The van der Waals surface area contributed by atoms with Gasteiger partial charge in [0.15, 0.2) is 0 Å². The largest absolute Gasteiger partial charge is 0.368 e. The van der Waals surface area contributed by atoms with Crippen molar-refractivity contribution in [2.24, 2.45) is 0 Å². The fourth-order valence-electron chi connectivity index (χ4n) is 2.35. The van der Waals surface area contributed by atoms with Crippen molar-refractivity contribution in [2.45, 2.75) is 10.9 Å². The Balaban J connectivity index is 1.49. The fourth-order valence-corrected chi connectivity index (χ4v) is 3.10. The van der Waals surface area contributed by atoms with Crippen LogP contribution in [0.4, 0.5) is 22.0 Å². The molecule has 4 aromatic rings. The Morgan fingerprint density at radius 1 is 1.00 bits per heavy atom. The third-order valence-corrected chi connectivity index (χ3v) is 4.49. The molecule has 0 bridgehead atoms. The molecule has 0 saturated heterocycles. The number of nitrogens with zero attached hydrogens (tertiary/aromatic N) is 7. The van der Waals surface area contributed by atoms with Gasteiger partial charge in [0.25, 0.3) is 0 Å². The van der Waals surface area contributed by atoms with Crippen molar-refractivity contribution in [3.63, 3.8) is 0 Å². The number of hydrogen-bond acceptors (Lipinski definition) is 9. The van der Waals surface area contributed by atoms with Crippen molar-refractivity contribution >= 4 is 29.3 Å². The molecule has 0 amide bonds. The smallest absolute Gasteiger partial charge is 0.232 e. The van der Waals surface area contributed by atoms with E-state index < -0.39 is 0 Å². The van der Waals surface area contributed by atoms with Crippen LogP contribution in [0.25, 0.3) is 5.69 Å². The first-order chi connectivity index (χ1) is 13.7. The molecular weight excluding hydrogens is 381 g/mol. The van der Waals surface area contributed by atoms with E-state index in [4.69, 9.17) is 5.73 Å². The Hall–Kier alpha value is -3.60. The fraction of sp³-hybridized carbons (Fsp3) is 0.0588. The molecule has 0 unspecified atom stereocenters. The molecule has 0 saturated carbocycles. The monoisotopic (exact) mass is 395 g/mol. The molecule has 2 heterocycles. The Kier molecular flexibility index (Phi) is 5.06. The molecule has 0 aliphatic carbocycles. The molecule has 4 rings (SSSR count). The van der Waals surface area contributed by atoms with Gasteiger partial charge in [-0.2, -0.15) is 19.6 Å². The minimum atomic E-state index is -0.325. The normalized spacial score (nSPS) is 10.8. The summed E-state index contributed by atoms with van der Waals surface area (Å²) in [6.45, 7) is 0. The first-order valence-corrected chi connectivity index (χ1v) is 9.15. The first kappa shape index (κ1) is 17.8. The molecule has 0 atom stereocenters. The second-order valence-corrected chi connectivity index (χ2v) is 6.51. The second-order valence-electron chi connectivity index (χ2n) is 5.56. The maximum Gasteiger partial charge on any atom is 0.232 e. The first-order valence-electron chi connectivity index (χ1n) is 8.17. The summed E-state index contributed by atoms with van der Waals surface area (Å²) in [7, 11) is 0. The van der Waals surface area contributed by atoms with E-state index >= 15 is 0 Å². The van der Waals surface area contributed by atoms with Gasteiger partial charge in [0, 0.05) is 5.69 Å². The molecule has 0 fully saturated rings. The van der Waals surface area contributed by atoms with Gasteiger partial charge in [0.2, 0.25) is 17.1 Å². The minimum Gasteiger partial charge on any atom is -0.368 e. The zero-order valence-electron chi connectivity index (χ0n) is 14.4. The van der Waals surface area contributed by atoms with Crippen LogP contribution in [0.15, 0.2) is 59.8 Å². The average molecular weight is 395 g/mol. The van der Waals surface area contributed by atoms with Gasteiger partial charge in [-0.3, -0.25) is 0 Å². The molecule has 11 heteroatoms. The number of thioether (sulfide) groups is 1. The lowest BCUT2D eigenvalue weighted by molar-refractivity contribution is 0.628. The summed E-state index contributed by atoms with van der Waals surface area (Å²) in [4.78, 5) is 12.6. The van der Waals surface area contributed by atoms with Crippen molar-refractivity contribution in [2.75, 3.05) is 11.1 Å². The summed E-state index contributed by atoms with van der Waals surface area (Å²) in [5, 5.41) is 15.4. The van der Waals surface area contributed by atoms with Gasteiger partial charge in [0.05, 0.1) is 11.4 Å². The molecule has 0 aliphatic rings. The number of anilines is 3. The predicted octanol–water partition coefficient (Wildman–Crippen LogP) is 2.60. The number of rotatable bonds is 6. The molecular formula is C17H14FN9S. The third kappa shape index (κ3) is 4.20. The van der Waals surface area contributed by atoms with E-state index in [1.54, 1.807) is 16.8 Å². The van der Waals surface area contributed by atoms with Gasteiger partial charge in [-0.1, -0.05) is 30.0 Å². The molecule has 9 nitrogen and oxygen atoms in total. The van der Waals surface area contributed by atoms with Crippen LogP contribution in [-0.2, 0) is 5.75 Å². The molecule has 0 spiro atoms. The highest BCUT2D eigenvalue weighted by atomic mass is 32.2. The molecule has 28 heavy (non-hydrogen) atoms. The lowest BCUT2D eigenvalue weighted by Gasteiger charge is -2.07. The van der Waals surface area contributed by atoms with E-state index in [1.807, 2.05) is 30.3 Å². The van der Waals surface area contributed by atoms with Crippen molar-refractivity contribution < 1.29 is 4.39 Å². The second kappa shape index (κ2) is 7.96. The third-order valence-electron chi connectivity index (χ3n) is 3.57. The number of tetrazole rings is 1. The number of nitrogen functional groups attached to an aromatic ring is 1. The summed E-state index contributed by atoms with van der Waals surface area (Å²) in [6.07, 6.45) is 0. The highest BCUT2D eigenvalue weighted by Crippen LogP contribution is 2.22. The van der Waals surface area contributed by atoms with Gasteiger partial charge < -0.3 is 11.1 Å². The Morgan fingerprint density at radius 2 is 1.79 bits per heavy atom. The number of benzene rings is 2. The van der Waals surface area contributed by atoms with Crippen LogP contribution in [0.2, 0.25) is 0 Å². The molecule has 2 aromatic carbocycles. The number of nitrogens with two attached hydrogens (primary N) is 1. The van der Waals surface area contributed by atoms with Crippen molar-refractivity contribution in [1.29, 1.82) is 0 Å².